The average Bonchev–Trinajstić information content (AvgIpc) is 2.67. The molecule has 0 radical (unpaired) electrons. The van der Waals surface area contributed by atoms with Crippen molar-refractivity contribution in [3.63, 3.8) is 0 Å². The van der Waals surface area contributed by atoms with Crippen LogP contribution in [0.15, 0.2) is 30.3 Å². The second-order valence-electron chi connectivity index (χ2n) is 6.86. The Hall–Kier alpha value is -2.48. The van der Waals surface area contributed by atoms with E-state index >= 15 is 0 Å². The quantitative estimate of drug-likeness (QED) is 0.531. The molecule has 3 rings (SSSR count). The number of benzene rings is 2. The zero-order chi connectivity index (χ0) is 19.8. The molecule has 0 aliphatic heterocycles. The molecule has 0 aromatic heterocycles. The Bertz CT molecular complexity index is 835. The van der Waals surface area contributed by atoms with Crippen molar-refractivity contribution in [2.24, 2.45) is 5.92 Å². The summed E-state index contributed by atoms with van der Waals surface area (Å²) in [4.78, 5) is 0. The number of fused-ring (bicyclic) bond motifs is 1. The summed E-state index contributed by atoms with van der Waals surface area (Å²) >= 11 is 0. The summed E-state index contributed by atoms with van der Waals surface area (Å²) in [5.41, 5.74) is 0.515. The van der Waals surface area contributed by atoms with Crippen LogP contribution in [0.5, 0.6) is 23.0 Å². The van der Waals surface area contributed by atoms with E-state index in [0.717, 1.165) is 0 Å². The molecule has 146 valence electrons. The van der Waals surface area contributed by atoms with Crippen LogP contribution in [-0.4, -0.2) is 58.6 Å². The van der Waals surface area contributed by atoms with E-state index in [9.17, 15) is 25.5 Å². The SMILES string of the molecule is COc1cc([C@H]2c3cc(O)c(OC)cc3CC(O)(CO)[C@H]2CO)ccc1O. The lowest BCUT2D eigenvalue weighted by Crippen LogP contribution is -2.51. The highest BCUT2D eigenvalue weighted by atomic mass is 16.5. The number of aliphatic hydroxyl groups is 3. The van der Waals surface area contributed by atoms with Gasteiger partial charge in [-0.15, -0.1) is 0 Å². The van der Waals surface area contributed by atoms with Gasteiger partial charge < -0.3 is 35.0 Å². The number of methoxy groups -OCH3 is 2. The van der Waals surface area contributed by atoms with Gasteiger partial charge in [-0.25, -0.2) is 0 Å². The van der Waals surface area contributed by atoms with Gasteiger partial charge in [0, 0.05) is 24.9 Å². The first-order chi connectivity index (χ1) is 12.9. The molecule has 0 bridgehead atoms. The van der Waals surface area contributed by atoms with E-state index in [4.69, 9.17) is 9.47 Å². The van der Waals surface area contributed by atoms with Gasteiger partial charge >= 0.3 is 0 Å². The minimum atomic E-state index is -1.56. The van der Waals surface area contributed by atoms with Gasteiger partial charge in [-0.2, -0.15) is 0 Å². The van der Waals surface area contributed by atoms with Gasteiger partial charge in [0.1, 0.15) is 0 Å². The number of phenols is 2. The number of phenolic OH excluding ortho intramolecular Hbond substituents is 2. The summed E-state index contributed by atoms with van der Waals surface area (Å²) in [6, 6.07) is 7.94. The molecule has 2 aromatic rings. The van der Waals surface area contributed by atoms with Crippen molar-refractivity contribution >= 4 is 0 Å². The Balaban J connectivity index is 2.24. The summed E-state index contributed by atoms with van der Waals surface area (Å²) in [6.07, 6.45) is 0.104. The summed E-state index contributed by atoms with van der Waals surface area (Å²) in [7, 11) is 2.86. The first-order valence-electron chi connectivity index (χ1n) is 8.59. The predicted molar refractivity (Wildman–Crippen MR) is 97.5 cm³/mol. The van der Waals surface area contributed by atoms with E-state index in [2.05, 4.69) is 0 Å². The lowest BCUT2D eigenvalue weighted by atomic mass is 9.64. The van der Waals surface area contributed by atoms with Gasteiger partial charge in [-0.05, 0) is 41.0 Å². The second kappa shape index (κ2) is 7.26. The van der Waals surface area contributed by atoms with Crippen molar-refractivity contribution < 1.29 is 35.0 Å². The lowest BCUT2D eigenvalue weighted by Gasteiger charge is -2.44. The third kappa shape index (κ3) is 3.18. The number of aromatic hydroxyl groups is 2. The zero-order valence-electron chi connectivity index (χ0n) is 15.2. The van der Waals surface area contributed by atoms with Gasteiger partial charge in [0.25, 0.3) is 0 Å². The topological polar surface area (TPSA) is 120 Å². The monoisotopic (exact) mass is 376 g/mol. The fourth-order valence-electron chi connectivity index (χ4n) is 3.97. The van der Waals surface area contributed by atoms with E-state index in [1.807, 2.05) is 0 Å². The van der Waals surface area contributed by atoms with E-state index in [0.29, 0.717) is 16.7 Å². The predicted octanol–water partition coefficient (Wildman–Crippen LogP) is 1.13. The fraction of sp³-hybridized carbons (Fsp3) is 0.400. The van der Waals surface area contributed by atoms with Crippen LogP contribution in [0.1, 0.15) is 22.6 Å². The van der Waals surface area contributed by atoms with Gasteiger partial charge in [-0.1, -0.05) is 6.07 Å². The normalized spacial score (nSPS) is 24.3. The molecule has 0 heterocycles. The maximum absolute atomic E-state index is 11.0. The van der Waals surface area contributed by atoms with Crippen molar-refractivity contribution in [1.29, 1.82) is 0 Å². The average molecular weight is 376 g/mol. The first-order valence-corrected chi connectivity index (χ1v) is 8.59. The minimum Gasteiger partial charge on any atom is -0.504 e. The molecule has 5 N–H and O–H groups in total. The molecule has 7 nitrogen and oxygen atoms in total. The smallest absolute Gasteiger partial charge is 0.160 e. The van der Waals surface area contributed by atoms with Gasteiger partial charge in [0.2, 0.25) is 0 Å². The van der Waals surface area contributed by atoms with Crippen molar-refractivity contribution in [3.8, 4) is 23.0 Å². The zero-order valence-corrected chi connectivity index (χ0v) is 15.2. The number of ether oxygens (including phenoxy) is 2. The summed E-state index contributed by atoms with van der Waals surface area (Å²) in [5, 5.41) is 51.1. The van der Waals surface area contributed by atoms with E-state index in [-0.39, 0.29) is 36.0 Å². The molecule has 3 atom stereocenters. The molecule has 2 aromatic carbocycles. The third-order valence-corrected chi connectivity index (χ3v) is 5.40. The van der Waals surface area contributed by atoms with Crippen LogP contribution in [0, 0.1) is 5.92 Å². The summed E-state index contributed by atoms with van der Waals surface area (Å²) < 4.78 is 10.3. The largest absolute Gasteiger partial charge is 0.504 e. The van der Waals surface area contributed by atoms with Crippen LogP contribution in [0.4, 0.5) is 0 Å². The van der Waals surface area contributed by atoms with Gasteiger partial charge in [0.05, 0.1) is 26.4 Å². The fourth-order valence-corrected chi connectivity index (χ4v) is 3.97. The number of hydrogen-bond acceptors (Lipinski definition) is 7. The summed E-state index contributed by atoms with van der Waals surface area (Å²) in [6.45, 7) is -0.913. The molecule has 0 saturated heterocycles. The Labute approximate surface area is 157 Å². The highest BCUT2D eigenvalue weighted by molar-refractivity contribution is 5.54. The van der Waals surface area contributed by atoms with E-state index < -0.39 is 24.0 Å². The van der Waals surface area contributed by atoms with Crippen LogP contribution in [-0.2, 0) is 6.42 Å². The highest BCUT2D eigenvalue weighted by Crippen LogP contribution is 2.49. The van der Waals surface area contributed by atoms with Crippen LogP contribution < -0.4 is 9.47 Å². The molecule has 1 aliphatic carbocycles. The van der Waals surface area contributed by atoms with Gasteiger partial charge in [-0.3, -0.25) is 0 Å². The highest BCUT2D eigenvalue weighted by Gasteiger charge is 2.47. The molecule has 1 aliphatic rings. The van der Waals surface area contributed by atoms with E-state index in [1.165, 1.54) is 20.3 Å². The summed E-state index contributed by atoms with van der Waals surface area (Å²) in [5.74, 6) is -0.842. The Morgan fingerprint density at radius 3 is 2.26 bits per heavy atom. The lowest BCUT2D eigenvalue weighted by molar-refractivity contribution is -0.0875. The Morgan fingerprint density at radius 1 is 1.00 bits per heavy atom. The standard InChI is InChI=1S/C20H24O7/c1-26-17-5-11(3-4-15(17)23)19-13-7-16(24)18(27-2)6-12(13)8-20(25,10-22)14(19)9-21/h3-7,14,19,21-25H,8-10H2,1-2H3/t14-,19-,20?/m0/s1. The van der Waals surface area contributed by atoms with Crippen molar-refractivity contribution in [3.05, 3.63) is 47.0 Å². The van der Waals surface area contributed by atoms with E-state index in [1.54, 1.807) is 24.3 Å². The second-order valence-corrected chi connectivity index (χ2v) is 6.86. The van der Waals surface area contributed by atoms with Crippen molar-refractivity contribution in [2.45, 2.75) is 17.9 Å². The maximum atomic E-state index is 11.0. The molecule has 1 unspecified atom stereocenters. The van der Waals surface area contributed by atoms with Crippen molar-refractivity contribution in [2.75, 3.05) is 27.4 Å². The van der Waals surface area contributed by atoms with Crippen LogP contribution in [0.2, 0.25) is 0 Å². The molecule has 0 fully saturated rings. The Morgan fingerprint density at radius 2 is 1.67 bits per heavy atom. The van der Waals surface area contributed by atoms with Crippen LogP contribution in [0.25, 0.3) is 0 Å². The molecule has 27 heavy (non-hydrogen) atoms. The molecule has 7 heteroatoms. The molecular formula is C20H24O7. The van der Waals surface area contributed by atoms with Crippen LogP contribution in [0.3, 0.4) is 0 Å². The third-order valence-electron chi connectivity index (χ3n) is 5.40. The molecule has 0 saturated carbocycles. The first kappa shape index (κ1) is 19.3. The minimum absolute atomic E-state index is 0.0344. The number of aliphatic hydroxyl groups excluding tert-OH is 2. The maximum Gasteiger partial charge on any atom is 0.160 e. The Kier molecular flexibility index (Phi) is 5.19. The molecule has 0 spiro atoms. The van der Waals surface area contributed by atoms with Gasteiger partial charge in [0.15, 0.2) is 23.0 Å². The van der Waals surface area contributed by atoms with Crippen LogP contribution >= 0.6 is 0 Å². The number of hydrogen-bond donors (Lipinski definition) is 5. The molecule has 0 amide bonds. The molecular weight excluding hydrogens is 352 g/mol. The number of rotatable bonds is 5. The van der Waals surface area contributed by atoms with Crippen molar-refractivity contribution in [1.82, 2.24) is 0 Å².